The molecule has 0 N–H and O–H groups in total. The van der Waals surface area contributed by atoms with E-state index in [1.807, 2.05) is 106 Å². The van der Waals surface area contributed by atoms with E-state index < -0.39 is 36.0 Å². The highest BCUT2D eigenvalue weighted by Gasteiger charge is 2.30. The van der Waals surface area contributed by atoms with Crippen molar-refractivity contribution in [3.8, 4) is 0 Å². The van der Waals surface area contributed by atoms with E-state index in [1.165, 1.54) is 5.56 Å². The van der Waals surface area contributed by atoms with Crippen LogP contribution in [0.5, 0.6) is 0 Å². The molecule has 5 heterocycles. The standard InChI is InChI=1S/C19H27NO3.C18H26N2O3.C17H23NO4.C17H23NO3.C16H21NO3.C14H20O2/c1-14(17(21)20-12-6-5-7-13-20)23-18(22)15-8-10-16(11-9-15)19(2,3)4;1-18(2,3)15-7-5-14(6-8-15)17(22)23-13-16(21)20-11-9-19(4)10-12-20;1-17(2,3)14-6-4-13(5-7-14)16(20)22-12-15(19)18-8-10-21-11-9-18;1-17(2,3)14-8-6-13(7-9-14)16(20)21-12-15(19)18-10-4-5-11-18;1-16(2,3)13-7-5-12(6-8-13)15(19)20-11-14(18)17-9-4-10-17;1-10(2)16-13(15)11-6-8-12(9-7-11)14(3,4)5/h8-11,14H,5-7,12-13H2,1-4H3;5-8H,9-13H2,1-4H3;4-7H,8-12H2,1-3H3;6-9H,4-5,10-12H2,1-3H3;5-8H,4,9-11H2,1-3H3;6-10H,1-5H3. The van der Waals surface area contributed by atoms with E-state index in [9.17, 15) is 52.7 Å². The average molecular weight is 1730 g/mol. The van der Waals surface area contributed by atoms with Crippen LogP contribution >= 0.6 is 0 Å². The van der Waals surface area contributed by atoms with Gasteiger partial charge in [0.05, 0.1) is 52.7 Å². The lowest BCUT2D eigenvalue weighted by atomic mass is 9.87. The van der Waals surface area contributed by atoms with Gasteiger partial charge in [0.25, 0.3) is 29.5 Å². The average Bonchev–Trinajstić information content (AvgIpc) is 1.23. The van der Waals surface area contributed by atoms with Gasteiger partial charge in [-0.1, -0.05) is 197 Å². The number of amides is 5. The number of likely N-dealkylation sites (N-methyl/N-ethyl adjacent to an activating group) is 1. The van der Waals surface area contributed by atoms with Crippen molar-refractivity contribution >= 4 is 65.4 Å². The zero-order chi connectivity index (χ0) is 92.8. The van der Waals surface area contributed by atoms with Gasteiger partial charge in [-0.2, -0.15) is 0 Å². The lowest BCUT2D eigenvalue weighted by Gasteiger charge is -2.32. The van der Waals surface area contributed by atoms with Crippen LogP contribution in [-0.4, -0.2) is 232 Å². The Hall–Kier alpha value is -10.6. The number of likely N-dealkylation sites (tertiary alicyclic amines) is 3. The summed E-state index contributed by atoms with van der Waals surface area (Å²) >= 11 is 0. The number of nitrogens with zero attached hydrogens (tertiary/aromatic N) is 6. The number of rotatable bonds is 17. The zero-order valence-corrected chi connectivity index (χ0v) is 78.5. The van der Waals surface area contributed by atoms with Crippen LogP contribution in [-0.2, 0) is 89.6 Å². The van der Waals surface area contributed by atoms with E-state index in [1.54, 1.807) is 92.1 Å². The third kappa shape index (κ3) is 35.0. The number of hydrogen-bond acceptors (Lipinski definition) is 19. The topological polar surface area (TPSA) is 272 Å². The molecule has 125 heavy (non-hydrogen) atoms. The van der Waals surface area contributed by atoms with Crippen molar-refractivity contribution in [2.24, 2.45) is 0 Å². The van der Waals surface area contributed by atoms with Crippen LogP contribution in [0.1, 0.15) is 279 Å². The lowest BCUT2D eigenvalue weighted by Crippen LogP contribution is -2.48. The fourth-order valence-electron chi connectivity index (χ4n) is 13.2. The van der Waals surface area contributed by atoms with Gasteiger partial charge in [-0.15, -0.1) is 0 Å². The maximum absolute atomic E-state index is 12.3. The van der Waals surface area contributed by atoms with E-state index in [0.717, 1.165) is 119 Å². The number of esters is 6. The second-order valence-electron chi connectivity index (χ2n) is 38.7. The molecule has 682 valence electrons. The van der Waals surface area contributed by atoms with Gasteiger partial charge in [-0.3, -0.25) is 24.0 Å². The number of carbonyl (C=O) groups is 11. The Morgan fingerprint density at radius 3 is 0.728 bits per heavy atom. The SMILES string of the molecule is CC(C)(C)c1ccc(C(=O)OCC(=O)N2CCC2)cc1.CC(C)(C)c1ccc(C(=O)OCC(=O)N2CCCC2)cc1.CC(C)(C)c1ccc(C(=O)OCC(=O)N2CCOCC2)cc1.CC(C)OC(=O)c1ccc(C(C)(C)C)cc1.CC(OC(=O)c1ccc(C(C)(C)C)cc1)C(=O)N1CCCCC1.CN1CCN(C(=O)COC(=O)c2ccc(C(C)(C)C)cc2)CC1. The number of piperidine rings is 1. The Balaban J connectivity index is 0.000000233. The normalized spacial score (nSPS) is 15.2. The van der Waals surface area contributed by atoms with E-state index in [-0.39, 0.29) is 101 Å². The maximum atomic E-state index is 12.3. The highest BCUT2D eigenvalue weighted by Crippen LogP contribution is 2.29. The van der Waals surface area contributed by atoms with Gasteiger partial charge in [-0.25, -0.2) is 28.8 Å². The summed E-state index contributed by atoms with van der Waals surface area (Å²) in [6.45, 7) is 52.7. The third-order valence-corrected chi connectivity index (χ3v) is 21.8. The Labute approximate surface area is 743 Å². The predicted molar refractivity (Wildman–Crippen MR) is 486 cm³/mol. The van der Waals surface area contributed by atoms with Gasteiger partial charge >= 0.3 is 35.8 Å². The largest absolute Gasteiger partial charge is 0.459 e. The monoisotopic (exact) mass is 1730 g/mol. The summed E-state index contributed by atoms with van der Waals surface area (Å²) < 4.78 is 36.0. The molecule has 6 aromatic carbocycles. The summed E-state index contributed by atoms with van der Waals surface area (Å²) in [5, 5.41) is 0. The maximum Gasteiger partial charge on any atom is 0.338 e. The number of hydrogen-bond donors (Lipinski definition) is 0. The summed E-state index contributed by atoms with van der Waals surface area (Å²) in [5.74, 6) is -3.12. The highest BCUT2D eigenvalue weighted by atomic mass is 16.6. The second-order valence-corrected chi connectivity index (χ2v) is 38.7. The predicted octanol–water partition coefficient (Wildman–Crippen LogP) is 16.1. The lowest BCUT2D eigenvalue weighted by molar-refractivity contribution is -0.140. The summed E-state index contributed by atoms with van der Waals surface area (Å²) in [6.07, 6.45) is 5.52. The number of piperazine rings is 1. The first-order valence-electron chi connectivity index (χ1n) is 43.9. The molecule has 5 aliphatic heterocycles. The fourth-order valence-corrected chi connectivity index (χ4v) is 13.2. The number of ether oxygens (including phenoxy) is 7. The quantitative estimate of drug-likeness (QED) is 0.0606. The molecule has 11 rings (SSSR count). The highest BCUT2D eigenvalue weighted by molar-refractivity contribution is 5.95. The smallest absolute Gasteiger partial charge is 0.338 e. The Bertz CT molecular complexity index is 4470. The van der Waals surface area contributed by atoms with Crippen LogP contribution < -0.4 is 0 Å². The Kier molecular flexibility index (Phi) is 39.3. The third-order valence-electron chi connectivity index (χ3n) is 21.8. The van der Waals surface area contributed by atoms with Crippen molar-refractivity contribution in [1.29, 1.82) is 0 Å². The van der Waals surface area contributed by atoms with Gasteiger partial charge in [0.1, 0.15) is 0 Å². The first-order valence-corrected chi connectivity index (χ1v) is 43.9. The molecule has 1 unspecified atom stereocenters. The van der Waals surface area contributed by atoms with Crippen molar-refractivity contribution in [2.75, 3.05) is 125 Å². The molecular formula is C101H140N6O18. The van der Waals surface area contributed by atoms with Crippen LogP contribution in [0, 0.1) is 0 Å². The molecule has 0 aromatic heterocycles. The molecule has 0 bridgehead atoms. The molecule has 0 radical (unpaired) electrons. The minimum absolute atomic E-state index is 0.0364. The van der Waals surface area contributed by atoms with Crippen LogP contribution in [0.4, 0.5) is 0 Å². The van der Waals surface area contributed by atoms with Gasteiger partial charge in [-0.05, 0) is 205 Å². The van der Waals surface area contributed by atoms with Crippen molar-refractivity contribution in [3.63, 3.8) is 0 Å². The molecule has 5 amide bonds. The molecule has 24 nitrogen and oxygen atoms in total. The molecule has 0 saturated carbocycles. The fraction of sp³-hybridized carbons (Fsp3) is 0.535. The molecule has 6 aromatic rings. The van der Waals surface area contributed by atoms with Gasteiger partial charge in [0, 0.05) is 78.5 Å². The van der Waals surface area contributed by atoms with Gasteiger partial charge < -0.3 is 62.6 Å². The van der Waals surface area contributed by atoms with Crippen molar-refractivity contribution in [1.82, 2.24) is 29.4 Å². The Morgan fingerprint density at radius 2 is 0.488 bits per heavy atom. The van der Waals surface area contributed by atoms with E-state index in [2.05, 4.69) is 130 Å². The molecule has 0 spiro atoms. The minimum atomic E-state index is -0.733. The number of benzene rings is 6. The van der Waals surface area contributed by atoms with E-state index >= 15 is 0 Å². The van der Waals surface area contributed by atoms with Gasteiger partial charge in [0.2, 0.25) is 0 Å². The number of morpholine rings is 1. The summed E-state index contributed by atoms with van der Waals surface area (Å²) in [5.41, 5.74) is 10.3. The Morgan fingerprint density at radius 1 is 0.272 bits per heavy atom. The van der Waals surface area contributed by atoms with Crippen molar-refractivity contribution < 1.29 is 85.9 Å². The zero-order valence-electron chi connectivity index (χ0n) is 78.5. The molecule has 0 aliphatic carbocycles. The minimum Gasteiger partial charge on any atom is -0.459 e. The molecular weight excluding hydrogens is 1590 g/mol. The summed E-state index contributed by atoms with van der Waals surface area (Å²) in [4.78, 5) is 142. The first kappa shape index (κ1) is 103. The van der Waals surface area contributed by atoms with Crippen molar-refractivity contribution in [2.45, 2.75) is 229 Å². The molecule has 5 aliphatic rings. The van der Waals surface area contributed by atoms with Crippen LogP contribution in [0.3, 0.4) is 0 Å². The molecule has 5 saturated heterocycles. The van der Waals surface area contributed by atoms with Crippen LogP contribution in [0.15, 0.2) is 146 Å². The molecule has 24 heteroatoms. The van der Waals surface area contributed by atoms with Gasteiger partial charge in [0.15, 0.2) is 32.5 Å². The first-order chi connectivity index (χ1) is 58.5. The van der Waals surface area contributed by atoms with Crippen molar-refractivity contribution in [3.05, 3.63) is 212 Å². The second kappa shape index (κ2) is 47.7. The van der Waals surface area contributed by atoms with E-state index in [0.29, 0.717) is 72.8 Å². The summed E-state index contributed by atoms with van der Waals surface area (Å²) in [6, 6.07) is 44.4. The summed E-state index contributed by atoms with van der Waals surface area (Å²) in [7, 11) is 2.03. The number of carbonyl (C=O) groups excluding carboxylic acids is 11. The molecule has 1 atom stereocenters. The van der Waals surface area contributed by atoms with Crippen LogP contribution in [0.2, 0.25) is 0 Å². The van der Waals surface area contributed by atoms with Crippen LogP contribution in [0.25, 0.3) is 0 Å². The molecule has 5 fully saturated rings. The van der Waals surface area contributed by atoms with E-state index in [4.69, 9.17) is 33.2 Å².